The van der Waals surface area contributed by atoms with E-state index in [1.807, 2.05) is 0 Å². The molecule has 2 nitrogen and oxygen atoms in total. The Hall–Kier alpha value is -2.37. The smallest absolute Gasteiger partial charge is 0.343 e. The lowest BCUT2D eigenvalue weighted by atomic mass is 10.2. The Kier molecular flexibility index (Phi) is 3.74. The number of carbonyl (C=O) groups excluding carboxylic acids is 1. The van der Waals surface area contributed by atoms with Crippen molar-refractivity contribution in [2.75, 3.05) is 0 Å². The molecule has 0 bridgehead atoms. The summed E-state index contributed by atoms with van der Waals surface area (Å²) in [6.07, 6.45) is 0. The first-order chi connectivity index (χ1) is 9.36. The molecule has 0 heterocycles. The highest BCUT2D eigenvalue weighted by atomic mass is 19.1. The van der Waals surface area contributed by atoms with Gasteiger partial charge in [-0.15, -0.1) is 0 Å². The number of halogens is 4. The standard InChI is InChI=1S/C14H8F4O2/c1-7-2-11(17)13(12(18)3-7)20-14(19)8-4-9(15)6-10(16)5-8/h2-6H,1H3. The Balaban J connectivity index is 2.32. The summed E-state index contributed by atoms with van der Waals surface area (Å²) in [7, 11) is 0. The predicted molar refractivity (Wildman–Crippen MR) is 62.4 cm³/mol. The molecule has 2 rings (SSSR count). The number of aryl methyl sites for hydroxylation is 1. The first kappa shape index (κ1) is 14.0. The maximum Gasteiger partial charge on any atom is 0.343 e. The van der Waals surface area contributed by atoms with Gasteiger partial charge in [0.2, 0.25) is 5.75 Å². The molecule has 20 heavy (non-hydrogen) atoms. The summed E-state index contributed by atoms with van der Waals surface area (Å²) in [5.41, 5.74) is -0.182. The predicted octanol–water partition coefficient (Wildman–Crippen LogP) is 3.77. The van der Waals surface area contributed by atoms with Crippen LogP contribution in [0.5, 0.6) is 5.75 Å². The average molecular weight is 284 g/mol. The van der Waals surface area contributed by atoms with Crippen molar-refractivity contribution in [1.82, 2.24) is 0 Å². The van der Waals surface area contributed by atoms with Gasteiger partial charge >= 0.3 is 5.97 Å². The molecular formula is C14H8F4O2. The van der Waals surface area contributed by atoms with Crippen molar-refractivity contribution in [3.63, 3.8) is 0 Å². The lowest BCUT2D eigenvalue weighted by Crippen LogP contribution is -2.11. The lowest BCUT2D eigenvalue weighted by Gasteiger charge is -2.07. The monoisotopic (exact) mass is 284 g/mol. The Morgan fingerprint density at radius 3 is 1.90 bits per heavy atom. The molecule has 0 aliphatic heterocycles. The fraction of sp³-hybridized carbons (Fsp3) is 0.0714. The van der Waals surface area contributed by atoms with Crippen LogP contribution in [0.1, 0.15) is 15.9 Å². The van der Waals surface area contributed by atoms with Crippen LogP contribution in [0.4, 0.5) is 17.6 Å². The van der Waals surface area contributed by atoms with Crippen LogP contribution >= 0.6 is 0 Å². The van der Waals surface area contributed by atoms with Crippen molar-refractivity contribution in [2.45, 2.75) is 6.92 Å². The fourth-order valence-electron chi connectivity index (χ4n) is 1.61. The van der Waals surface area contributed by atoms with Gasteiger partial charge in [0, 0.05) is 6.07 Å². The van der Waals surface area contributed by atoms with Crippen molar-refractivity contribution in [3.05, 3.63) is 64.7 Å². The van der Waals surface area contributed by atoms with Crippen LogP contribution in [0.3, 0.4) is 0 Å². The van der Waals surface area contributed by atoms with Crippen LogP contribution in [-0.4, -0.2) is 5.97 Å². The second-order valence-electron chi connectivity index (χ2n) is 4.11. The molecule has 0 radical (unpaired) electrons. The van der Waals surface area contributed by atoms with E-state index in [9.17, 15) is 22.4 Å². The van der Waals surface area contributed by atoms with E-state index >= 15 is 0 Å². The van der Waals surface area contributed by atoms with Gasteiger partial charge in [0.25, 0.3) is 0 Å². The first-order valence-electron chi connectivity index (χ1n) is 5.51. The number of rotatable bonds is 2. The summed E-state index contributed by atoms with van der Waals surface area (Å²) in [5.74, 6) is -6.32. The third-order valence-corrected chi connectivity index (χ3v) is 2.44. The van der Waals surface area contributed by atoms with Crippen molar-refractivity contribution < 1.29 is 27.1 Å². The lowest BCUT2D eigenvalue weighted by molar-refractivity contribution is 0.0719. The van der Waals surface area contributed by atoms with E-state index in [0.29, 0.717) is 23.8 Å². The SMILES string of the molecule is Cc1cc(F)c(OC(=O)c2cc(F)cc(F)c2)c(F)c1. The summed E-state index contributed by atoms with van der Waals surface area (Å²) in [6, 6.07) is 3.91. The van der Waals surface area contributed by atoms with E-state index in [0.717, 1.165) is 12.1 Å². The fourth-order valence-corrected chi connectivity index (χ4v) is 1.61. The third-order valence-electron chi connectivity index (χ3n) is 2.44. The van der Waals surface area contributed by atoms with Crippen molar-refractivity contribution in [2.24, 2.45) is 0 Å². The second kappa shape index (κ2) is 5.32. The molecule has 0 atom stereocenters. The minimum atomic E-state index is -1.26. The number of hydrogen-bond donors (Lipinski definition) is 0. The first-order valence-corrected chi connectivity index (χ1v) is 5.51. The summed E-state index contributed by atoms with van der Waals surface area (Å²) >= 11 is 0. The quantitative estimate of drug-likeness (QED) is 0.476. The Labute approximate surface area is 111 Å². The highest BCUT2D eigenvalue weighted by Crippen LogP contribution is 2.24. The van der Waals surface area contributed by atoms with E-state index in [1.54, 1.807) is 0 Å². The summed E-state index contributed by atoms with van der Waals surface area (Å²) in [5, 5.41) is 0. The molecule has 2 aromatic carbocycles. The molecule has 6 heteroatoms. The topological polar surface area (TPSA) is 26.3 Å². The molecule has 0 spiro atoms. The normalized spacial score (nSPS) is 10.4. The number of hydrogen-bond acceptors (Lipinski definition) is 2. The summed E-state index contributed by atoms with van der Waals surface area (Å²) in [6.45, 7) is 1.46. The molecule has 0 saturated carbocycles. The molecule has 0 N–H and O–H groups in total. The molecule has 104 valence electrons. The molecule has 0 unspecified atom stereocenters. The van der Waals surface area contributed by atoms with Gasteiger partial charge in [-0.25, -0.2) is 22.4 Å². The van der Waals surface area contributed by atoms with Gasteiger partial charge in [0.1, 0.15) is 11.6 Å². The van der Waals surface area contributed by atoms with Crippen molar-refractivity contribution in [3.8, 4) is 5.75 Å². The van der Waals surface area contributed by atoms with Crippen LogP contribution < -0.4 is 4.74 Å². The maximum atomic E-state index is 13.5. The Morgan fingerprint density at radius 1 is 0.900 bits per heavy atom. The number of benzene rings is 2. The van der Waals surface area contributed by atoms with Gasteiger partial charge in [-0.3, -0.25) is 0 Å². The van der Waals surface area contributed by atoms with E-state index in [4.69, 9.17) is 0 Å². The maximum absolute atomic E-state index is 13.5. The third kappa shape index (κ3) is 2.96. The van der Waals surface area contributed by atoms with E-state index in [1.165, 1.54) is 6.92 Å². The number of ether oxygens (including phenoxy) is 1. The molecule has 2 aromatic rings. The molecule has 0 saturated heterocycles. The minimum Gasteiger partial charge on any atom is -0.417 e. The van der Waals surface area contributed by atoms with E-state index in [2.05, 4.69) is 4.74 Å². The van der Waals surface area contributed by atoms with Crippen LogP contribution in [0.2, 0.25) is 0 Å². The molecule has 0 aliphatic carbocycles. The van der Waals surface area contributed by atoms with Gasteiger partial charge in [0.05, 0.1) is 5.56 Å². The van der Waals surface area contributed by atoms with Gasteiger partial charge < -0.3 is 4.74 Å². The van der Waals surface area contributed by atoms with Gasteiger partial charge in [-0.2, -0.15) is 0 Å². The van der Waals surface area contributed by atoms with E-state index in [-0.39, 0.29) is 0 Å². The number of carbonyl (C=O) groups is 1. The van der Waals surface area contributed by atoms with Crippen LogP contribution in [0.25, 0.3) is 0 Å². The van der Waals surface area contributed by atoms with Crippen LogP contribution in [0.15, 0.2) is 30.3 Å². The Bertz CT molecular complexity index is 640. The highest BCUT2D eigenvalue weighted by molar-refractivity contribution is 5.91. The summed E-state index contributed by atoms with van der Waals surface area (Å²) < 4.78 is 57.4. The van der Waals surface area contributed by atoms with Crippen LogP contribution in [0, 0.1) is 30.2 Å². The van der Waals surface area contributed by atoms with Gasteiger partial charge in [0.15, 0.2) is 11.6 Å². The molecule has 0 aliphatic rings. The largest absolute Gasteiger partial charge is 0.417 e. The zero-order valence-electron chi connectivity index (χ0n) is 10.2. The molecule has 0 aromatic heterocycles. The highest BCUT2D eigenvalue weighted by Gasteiger charge is 2.18. The average Bonchev–Trinajstić information content (AvgIpc) is 2.32. The zero-order chi connectivity index (χ0) is 14.9. The second-order valence-corrected chi connectivity index (χ2v) is 4.11. The van der Waals surface area contributed by atoms with Crippen molar-refractivity contribution in [1.29, 1.82) is 0 Å². The van der Waals surface area contributed by atoms with Gasteiger partial charge in [-0.05, 0) is 36.8 Å². The van der Waals surface area contributed by atoms with E-state index < -0.39 is 40.6 Å². The Morgan fingerprint density at radius 2 is 1.40 bits per heavy atom. The van der Waals surface area contributed by atoms with Crippen LogP contribution in [-0.2, 0) is 0 Å². The molecule has 0 fully saturated rings. The summed E-state index contributed by atoms with van der Waals surface area (Å²) in [4.78, 5) is 11.6. The van der Waals surface area contributed by atoms with Crippen molar-refractivity contribution >= 4 is 5.97 Å². The zero-order valence-corrected chi connectivity index (χ0v) is 10.2. The van der Waals surface area contributed by atoms with Gasteiger partial charge in [-0.1, -0.05) is 0 Å². The molecular weight excluding hydrogens is 276 g/mol. The molecule has 0 amide bonds. The minimum absolute atomic E-state index is 0.302. The number of esters is 1.